The zero-order valence-electron chi connectivity index (χ0n) is 23.8. The molecule has 0 atom stereocenters. The second-order valence-electron chi connectivity index (χ2n) is 11.1. The average molecular weight is 605 g/mol. The lowest BCUT2D eigenvalue weighted by atomic mass is 10.0. The molecule has 0 unspecified atom stereocenters. The van der Waals surface area contributed by atoms with Crippen LogP contribution in [-0.2, 0) is 11.3 Å². The number of halogens is 1. The number of hydrogen-bond acceptors (Lipinski definition) is 8. The Hall–Kier alpha value is -4.13. The van der Waals surface area contributed by atoms with Crippen LogP contribution in [0.25, 0.3) is 20.8 Å². The Morgan fingerprint density at radius 1 is 1.09 bits per heavy atom. The highest BCUT2D eigenvalue weighted by Gasteiger charge is 2.24. The number of nitrogens with zero attached hydrogens (tertiary/aromatic N) is 4. The molecular weight excluding hydrogens is 571 g/mol. The number of thiophene rings is 1. The fourth-order valence-corrected chi connectivity index (χ4v) is 6.31. The molecular formula is C31H33FN6O4S. The predicted molar refractivity (Wildman–Crippen MR) is 163 cm³/mol. The van der Waals surface area contributed by atoms with E-state index in [1.54, 1.807) is 18.3 Å². The predicted octanol–water partition coefficient (Wildman–Crippen LogP) is 5.55. The molecule has 2 fully saturated rings. The van der Waals surface area contributed by atoms with E-state index in [4.69, 9.17) is 14.8 Å². The normalized spacial score (nSPS) is 16.0. The van der Waals surface area contributed by atoms with Crippen molar-refractivity contribution in [2.75, 3.05) is 32.0 Å². The Morgan fingerprint density at radius 3 is 2.60 bits per heavy atom. The maximum Gasteiger partial charge on any atom is 0.319 e. The molecule has 1 saturated carbocycles. The number of amides is 2. The number of aromatic nitrogens is 2. The van der Waals surface area contributed by atoms with Crippen LogP contribution in [0.4, 0.5) is 14.9 Å². The first kappa shape index (κ1) is 29.0. The molecule has 6 rings (SSSR count). The second kappa shape index (κ2) is 12.6. The first-order valence-electron chi connectivity index (χ1n) is 14.3. The highest BCUT2D eigenvalue weighted by molar-refractivity contribution is 7.22. The Morgan fingerprint density at radius 2 is 1.91 bits per heavy atom. The van der Waals surface area contributed by atoms with Crippen LogP contribution in [0, 0.1) is 5.82 Å². The number of fused-ring (bicyclic) bond motifs is 1. The molecule has 0 radical (unpaired) electrons. The third-order valence-electron chi connectivity index (χ3n) is 7.75. The zero-order valence-corrected chi connectivity index (χ0v) is 24.6. The van der Waals surface area contributed by atoms with Crippen molar-refractivity contribution in [1.29, 1.82) is 0 Å². The molecule has 0 spiro atoms. The third kappa shape index (κ3) is 7.27. The minimum atomic E-state index is -0.794. The molecule has 4 heterocycles. The number of likely N-dealkylation sites (tertiary alicyclic amines) is 1. The van der Waals surface area contributed by atoms with Gasteiger partial charge in [0.15, 0.2) is 11.6 Å². The number of carboxylic acid groups (broad SMARTS) is 1. The molecule has 3 N–H and O–H groups in total. The standard InChI is InChI=1S/C31H33FN6O4S/c1-37(18-29(39)40)22-9-12-38(13-10-22)17-19-2-6-24(34-16-19)28-15-25-30(43-28)27(8-11-33-25)42-26-7-5-21(14-23(26)32)36-31(41)35-20-3-4-20/h2,5-8,11,14-16,20,22H,3-4,9-10,12-13,17-18H2,1H3,(H,39,40)(H2,35,36,41). The van der Waals surface area contributed by atoms with Gasteiger partial charge in [-0.25, -0.2) is 9.18 Å². The number of likely N-dealkylation sites (N-methyl/N-ethyl adjacent to an activating group) is 1. The van der Waals surface area contributed by atoms with Gasteiger partial charge < -0.3 is 20.5 Å². The Kier molecular flexibility index (Phi) is 8.50. The number of pyridine rings is 2. The lowest BCUT2D eigenvalue weighted by Crippen LogP contribution is -2.44. The van der Waals surface area contributed by atoms with Gasteiger partial charge in [0.05, 0.1) is 27.3 Å². The summed E-state index contributed by atoms with van der Waals surface area (Å²) in [6.45, 7) is 2.69. The van der Waals surface area contributed by atoms with E-state index in [0.717, 1.165) is 71.7 Å². The highest BCUT2D eigenvalue weighted by Crippen LogP contribution is 2.39. The number of rotatable bonds is 10. The molecule has 1 aromatic carbocycles. The molecule has 12 heteroatoms. The SMILES string of the molecule is CN(CC(=O)O)C1CCN(Cc2ccc(-c3cc4nccc(Oc5ccc(NC(=O)NC6CC6)cc5F)c4s3)nc2)CC1. The van der Waals surface area contributed by atoms with Gasteiger partial charge in [-0.2, -0.15) is 0 Å². The van der Waals surface area contributed by atoms with Crippen LogP contribution < -0.4 is 15.4 Å². The van der Waals surface area contributed by atoms with Gasteiger partial charge in [0, 0.05) is 48.8 Å². The lowest BCUT2D eigenvalue weighted by molar-refractivity contribution is -0.138. The number of piperidine rings is 1. The fourth-order valence-electron chi connectivity index (χ4n) is 5.26. The minimum absolute atomic E-state index is 0.0515. The van der Waals surface area contributed by atoms with Gasteiger partial charge in [0.1, 0.15) is 5.75 Å². The molecule has 2 amide bonds. The van der Waals surface area contributed by atoms with E-state index >= 15 is 0 Å². The third-order valence-corrected chi connectivity index (χ3v) is 8.91. The summed E-state index contributed by atoms with van der Waals surface area (Å²) in [6, 6.07) is 12.2. The number of anilines is 1. The van der Waals surface area contributed by atoms with Crippen LogP contribution in [0.5, 0.6) is 11.5 Å². The van der Waals surface area contributed by atoms with E-state index in [2.05, 4.69) is 26.6 Å². The van der Waals surface area contributed by atoms with E-state index in [1.807, 2.05) is 30.3 Å². The molecule has 43 heavy (non-hydrogen) atoms. The van der Waals surface area contributed by atoms with E-state index in [-0.39, 0.29) is 24.4 Å². The average Bonchev–Trinajstić information content (AvgIpc) is 3.68. The van der Waals surface area contributed by atoms with E-state index in [0.29, 0.717) is 17.5 Å². The van der Waals surface area contributed by atoms with Gasteiger partial charge in [-0.3, -0.25) is 24.6 Å². The van der Waals surface area contributed by atoms with Crippen molar-refractivity contribution in [2.45, 2.75) is 44.3 Å². The van der Waals surface area contributed by atoms with Crippen LogP contribution in [0.1, 0.15) is 31.2 Å². The molecule has 224 valence electrons. The van der Waals surface area contributed by atoms with Crippen molar-refractivity contribution in [3.63, 3.8) is 0 Å². The van der Waals surface area contributed by atoms with E-state index < -0.39 is 11.8 Å². The second-order valence-corrected chi connectivity index (χ2v) is 12.2. The summed E-state index contributed by atoms with van der Waals surface area (Å²) < 4.78 is 21.6. The molecule has 4 aromatic rings. The van der Waals surface area contributed by atoms with Crippen LogP contribution >= 0.6 is 11.3 Å². The topological polar surface area (TPSA) is 120 Å². The number of carbonyl (C=O) groups is 2. The number of hydrogen-bond donors (Lipinski definition) is 3. The Balaban J connectivity index is 1.09. The molecule has 1 saturated heterocycles. The number of urea groups is 1. The van der Waals surface area contributed by atoms with Gasteiger partial charge in [0.2, 0.25) is 0 Å². The van der Waals surface area contributed by atoms with Gasteiger partial charge in [-0.05, 0) is 75.6 Å². The van der Waals surface area contributed by atoms with Crippen molar-refractivity contribution >= 4 is 39.2 Å². The highest BCUT2D eigenvalue weighted by atomic mass is 32.1. The summed E-state index contributed by atoms with van der Waals surface area (Å²) in [5.74, 6) is -0.838. The van der Waals surface area contributed by atoms with Crippen molar-refractivity contribution in [2.24, 2.45) is 0 Å². The summed E-state index contributed by atoms with van der Waals surface area (Å²) >= 11 is 1.48. The maximum atomic E-state index is 14.9. The van der Waals surface area contributed by atoms with Crippen molar-refractivity contribution in [3.05, 3.63) is 66.2 Å². The Bertz CT molecular complexity index is 1620. The molecule has 3 aromatic heterocycles. The summed E-state index contributed by atoms with van der Waals surface area (Å²) in [6.07, 6.45) is 7.34. The van der Waals surface area contributed by atoms with E-state index in [1.165, 1.54) is 23.5 Å². The number of carbonyl (C=O) groups excluding carboxylic acids is 1. The first-order valence-corrected chi connectivity index (χ1v) is 15.2. The van der Waals surface area contributed by atoms with Crippen LogP contribution in [0.15, 0.2) is 54.9 Å². The van der Waals surface area contributed by atoms with Crippen molar-refractivity contribution in [3.8, 4) is 22.1 Å². The Labute approximate surface area is 252 Å². The van der Waals surface area contributed by atoms with Gasteiger partial charge in [0.25, 0.3) is 0 Å². The smallest absolute Gasteiger partial charge is 0.319 e. The summed E-state index contributed by atoms with van der Waals surface area (Å²) in [5.41, 5.74) is 3.01. The largest absolute Gasteiger partial charge is 0.480 e. The number of aliphatic carboxylic acids is 1. The summed E-state index contributed by atoms with van der Waals surface area (Å²) in [5, 5.41) is 14.5. The van der Waals surface area contributed by atoms with Crippen LogP contribution in [0.2, 0.25) is 0 Å². The molecule has 2 aliphatic rings. The molecule has 10 nitrogen and oxygen atoms in total. The fraction of sp³-hybridized carbons (Fsp3) is 0.355. The van der Waals surface area contributed by atoms with Gasteiger partial charge >= 0.3 is 12.0 Å². The first-order chi connectivity index (χ1) is 20.8. The number of benzene rings is 1. The number of nitrogens with one attached hydrogen (secondary N) is 2. The quantitative estimate of drug-likeness (QED) is 0.215. The van der Waals surface area contributed by atoms with E-state index in [9.17, 15) is 14.0 Å². The molecule has 0 bridgehead atoms. The van der Waals surface area contributed by atoms with Crippen LogP contribution in [0.3, 0.4) is 0 Å². The van der Waals surface area contributed by atoms with Gasteiger partial charge in [-0.1, -0.05) is 6.07 Å². The number of carboxylic acids is 1. The number of ether oxygens (including phenoxy) is 1. The lowest BCUT2D eigenvalue weighted by Gasteiger charge is -2.36. The summed E-state index contributed by atoms with van der Waals surface area (Å²) in [4.78, 5) is 37.4. The van der Waals surface area contributed by atoms with Crippen molar-refractivity contribution in [1.82, 2.24) is 25.1 Å². The monoisotopic (exact) mass is 604 g/mol. The minimum Gasteiger partial charge on any atom is -0.480 e. The van der Waals surface area contributed by atoms with Crippen molar-refractivity contribution < 1.29 is 23.8 Å². The molecule has 1 aliphatic heterocycles. The maximum absolute atomic E-state index is 14.9. The zero-order chi connectivity index (χ0) is 29.9. The van der Waals surface area contributed by atoms with Gasteiger partial charge in [-0.15, -0.1) is 11.3 Å². The molecule has 1 aliphatic carbocycles. The summed E-state index contributed by atoms with van der Waals surface area (Å²) in [7, 11) is 1.88. The van der Waals surface area contributed by atoms with Crippen LogP contribution in [-0.4, -0.2) is 75.6 Å².